The van der Waals surface area contributed by atoms with E-state index in [1.807, 2.05) is 72.3 Å². The van der Waals surface area contributed by atoms with E-state index in [4.69, 9.17) is 11.6 Å². The topological polar surface area (TPSA) is 59.8 Å². The molecule has 8 heteroatoms. The summed E-state index contributed by atoms with van der Waals surface area (Å²) in [7, 11) is 0. The normalized spacial score (nSPS) is 12.0. The quantitative estimate of drug-likeness (QED) is 0.313. The van der Waals surface area contributed by atoms with Crippen LogP contribution in [0, 0.1) is 6.92 Å². The molecule has 0 saturated carbocycles. The van der Waals surface area contributed by atoms with E-state index in [1.165, 1.54) is 5.56 Å². The summed E-state index contributed by atoms with van der Waals surface area (Å²) in [5.74, 6) is 1.39. The Kier molecular flexibility index (Phi) is 7.29. The second-order valence-corrected chi connectivity index (χ2v) is 9.84. The summed E-state index contributed by atoms with van der Waals surface area (Å²) in [4.78, 5) is 13.6. The predicted molar refractivity (Wildman–Crippen MR) is 132 cm³/mol. The first-order chi connectivity index (χ1) is 15.5. The van der Waals surface area contributed by atoms with Crippen molar-refractivity contribution in [2.45, 2.75) is 37.2 Å². The van der Waals surface area contributed by atoms with Crippen molar-refractivity contribution in [3.05, 3.63) is 92.9 Å². The zero-order valence-electron chi connectivity index (χ0n) is 17.8. The maximum absolute atomic E-state index is 12.6. The number of hydrogen-bond donors (Lipinski definition) is 1. The molecule has 0 aliphatic heterocycles. The van der Waals surface area contributed by atoms with Gasteiger partial charge in [-0.15, -0.1) is 21.5 Å². The van der Waals surface area contributed by atoms with Crippen molar-refractivity contribution in [1.82, 2.24) is 20.1 Å². The maximum Gasteiger partial charge on any atom is 0.225 e. The fourth-order valence-electron chi connectivity index (χ4n) is 3.36. The standard InChI is InChI=1S/C24H23ClN4OS2/c1-16-10-11-19(25)13-21(16)29-23(17(2)26-22(30)14-20-9-6-12-31-20)27-28-24(29)32-15-18-7-4-3-5-8-18/h3-13,17H,14-15H2,1-2H3,(H,26,30). The lowest BCUT2D eigenvalue weighted by molar-refractivity contribution is -0.121. The fourth-order valence-corrected chi connectivity index (χ4v) is 5.13. The highest BCUT2D eigenvalue weighted by Gasteiger charge is 2.22. The van der Waals surface area contributed by atoms with E-state index >= 15 is 0 Å². The lowest BCUT2D eigenvalue weighted by Crippen LogP contribution is -2.29. The number of thioether (sulfide) groups is 1. The number of aromatic nitrogens is 3. The summed E-state index contributed by atoms with van der Waals surface area (Å²) >= 11 is 9.51. The van der Waals surface area contributed by atoms with Crippen LogP contribution in [0.3, 0.4) is 0 Å². The van der Waals surface area contributed by atoms with Gasteiger partial charge in [-0.05, 0) is 48.6 Å². The van der Waals surface area contributed by atoms with Crippen LogP contribution in [0.1, 0.15) is 34.8 Å². The predicted octanol–water partition coefficient (Wildman–Crippen LogP) is 6.00. The van der Waals surface area contributed by atoms with Crippen LogP contribution in [0.15, 0.2) is 71.2 Å². The number of rotatable bonds is 8. The smallest absolute Gasteiger partial charge is 0.225 e. The summed E-state index contributed by atoms with van der Waals surface area (Å²) in [5.41, 5.74) is 3.16. The number of amides is 1. The molecule has 2 aromatic carbocycles. The third-order valence-electron chi connectivity index (χ3n) is 4.96. The van der Waals surface area contributed by atoms with Crippen LogP contribution in [-0.4, -0.2) is 20.7 Å². The van der Waals surface area contributed by atoms with Crippen LogP contribution >= 0.6 is 34.7 Å². The van der Waals surface area contributed by atoms with Gasteiger partial charge >= 0.3 is 0 Å². The molecule has 5 nitrogen and oxygen atoms in total. The van der Waals surface area contributed by atoms with Gasteiger partial charge in [0.05, 0.1) is 18.2 Å². The highest BCUT2D eigenvalue weighted by atomic mass is 35.5. The molecule has 1 N–H and O–H groups in total. The summed E-state index contributed by atoms with van der Waals surface area (Å²) in [6.07, 6.45) is 0.349. The van der Waals surface area contributed by atoms with E-state index < -0.39 is 0 Å². The van der Waals surface area contributed by atoms with Crippen molar-refractivity contribution < 1.29 is 4.79 Å². The first kappa shape index (κ1) is 22.6. The number of thiophene rings is 1. The molecule has 0 aliphatic carbocycles. The van der Waals surface area contributed by atoms with E-state index in [0.717, 1.165) is 27.0 Å². The monoisotopic (exact) mass is 482 g/mol. The molecular formula is C24H23ClN4OS2. The largest absolute Gasteiger partial charge is 0.346 e. The Bertz CT molecular complexity index is 1190. The van der Waals surface area contributed by atoms with Gasteiger partial charge in [0.25, 0.3) is 0 Å². The number of nitrogens with zero attached hydrogens (tertiary/aromatic N) is 3. The minimum atomic E-state index is -0.320. The molecule has 0 radical (unpaired) electrons. The van der Waals surface area contributed by atoms with E-state index in [9.17, 15) is 4.79 Å². The zero-order valence-corrected chi connectivity index (χ0v) is 20.2. The molecule has 32 heavy (non-hydrogen) atoms. The molecule has 1 atom stereocenters. The molecule has 0 bridgehead atoms. The van der Waals surface area contributed by atoms with Crippen LogP contribution in [0.2, 0.25) is 5.02 Å². The van der Waals surface area contributed by atoms with Crippen LogP contribution in [0.5, 0.6) is 0 Å². The number of aryl methyl sites for hydroxylation is 1. The van der Waals surface area contributed by atoms with Gasteiger partial charge in [0.1, 0.15) is 0 Å². The summed E-state index contributed by atoms with van der Waals surface area (Å²) < 4.78 is 2.00. The van der Waals surface area contributed by atoms with Gasteiger partial charge in [-0.2, -0.15) is 0 Å². The van der Waals surface area contributed by atoms with Gasteiger partial charge in [-0.1, -0.05) is 65.8 Å². The minimum Gasteiger partial charge on any atom is -0.346 e. The van der Waals surface area contributed by atoms with Gasteiger partial charge in [0.2, 0.25) is 5.91 Å². The van der Waals surface area contributed by atoms with E-state index in [2.05, 4.69) is 27.6 Å². The second kappa shape index (κ2) is 10.3. The lowest BCUT2D eigenvalue weighted by atomic mass is 10.2. The molecule has 2 heterocycles. The summed E-state index contributed by atoms with van der Waals surface area (Å²) in [6.45, 7) is 3.96. The molecule has 2 aromatic heterocycles. The van der Waals surface area contributed by atoms with Crippen molar-refractivity contribution in [3.8, 4) is 5.69 Å². The minimum absolute atomic E-state index is 0.0456. The van der Waals surface area contributed by atoms with Crippen LogP contribution < -0.4 is 5.32 Å². The molecule has 4 aromatic rings. The molecular weight excluding hydrogens is 460 g/mol. The van der Waals surface area contributed by atoms with Crippen molar-refractivity contribution in [3.63, 3.8) is 0 Å². The van der Waals surface area contributed by atoms with Gasteiger partial charge in [-0.3, -0.25) is 9.36 Å². The van der Waals surface area contributed by atoms with E-state index in [0.29, 0.717) is 17.3 Å². The van der Waals surface area contributed by atoms with Gasteiger partial charge in [0.15, 0.2) is 11.0 Å². The van der Waals surface area contributed by atoms with Gasteiger partial charge in [0, 0.05) is 15.7 Å². The number of halogens is 1. The number of hydrogen-bond acceptors (Lipinski definition) is 5. The Balaban J connectivity index is 1.63. The first-order valence-corrected chi connectivity index (χ1v) is 12.5. The average Bonchev–Trinajstić information content (AvgIpc) is 3.44. The van der Waals surface area contributed by atoms with Crippen molar-refractivity contribution >= 4 is 40.6 Å². The third kappa shape index (κ3) is 5.41. The number of carbonyl (C=O) groups is 1. The zero-order chi connectivity index (χ0) is 22.5. The Morgan fingerprint density at radius 2 is 1.97 bits per heavy atom. The second-order valence-electron chi connectivity index (χ2n) is 7.43. The van der Waals surface area contributed by atoms with Gasteiger partial charge < -0.3 is 5.32 Å². The number of benzene rings is 2. The van der Waals surface area contributed by atoms with Gasteiger partial charge in [-0.25, -0.2) is 0 Å². The summed E-state index contributed by atoms with van der Waals surface area (Å²) in [5, 5.41) is 15.4. The Hall–Kier alpha value is -2.61. The molecule has 4 rings (SSSR count). The molecule has 0 spiro atoms. The third-order valence-corrected chi connectivity index (χ3v) is 7.07. The first-order valence-electron chi connectivity index (χ1n) is 10.2. The number of nitrogens with one attached hydrogen (secondary N) is 1. The highest BCUT2D eigenvalue weighted by Crippen LogP contribution is 2.30. The maximum atomic E-state index is 12.6. The van der Waals surface area contributed by atoms with E-state index in [-0.39, 0.29) is 11.9 Å². The van der Waals surface area contributed by atoms with Crippen LogP contribution in [-0.2, 0) is 17.0 Å². The van der Waals surface area contributed by atoms with E-state index in [1.54, 1.807) is 23.1 Å². The lowest BCUT2D eigenvalue weighted by Gasteiger charge is -2.18. The Morgan fingerprint density at radius 1 is 1.16 bits per heavy atom. The molecule has 0 fully saturated rings. The Labute approximate surface area is 200 Å². The molecule has 1 amide bonds. The van der Waals surface area contributed by atoms with Crippen LogP contribution in [0.4, 0.5) is 0 Å². The molecule has 164 valence electrons. The van der Waals surface area contributed by atoms with Crippen molar-refractivity contribution in [2.75, 3.05) is 0 Å². The van der Waals surface area contributed by atoms with Crippen molar-refractivity contribution in [2.24, 2.45) is 0 Å². The molecule has 1 unspecified atom stereocenters. The highest BCUT2D eigenvalue weighted by molar-refractivity contribution is 7.98. The summed E-state index contributed by atoms with van der Waals surface area (Å²) in [6, 6.07) is 19.6. The molecule has 0 saturated heterocycles. The van der Waals surface area contributed by atoms with Crippen molar-refractivity contribution in [1.29, 1.82) is 0 Å². The van der Waals surface area contributed by atoms with Crippen LogP contribution in [0.25, 0.3) is 5.69 Å². The average molecular weight is 483 g/mol. The SMILES string of the molecule is Cc1ccc(Cl)cc1-n1c(SCc2ccccc2)nnc1C(C)NC(=O)Cc1cccs1. The molecule has 0 aliphatic rings. The fraction of sp³-hybridized carbons (Fsp3) is 0.208. The Morgan fingerprint density at radius 3 is 2.72 bits per heavy atom. The number of carbonyl (C=O) groups excluding carboxylic acids is 1.